The first-order valence-corrected chi connectivity index (χ1v) is 13.4. The smallest absolute Gasteiger partial charge is 0.0657 e. The summed E-state index contributed by atoms with van der Waals surface area (Å²) in [4.78, 5) is 0. The summed E-state index contributed by atoms with van der Waals surface area (Å²) >= 11 is 0. The quantitative estimate of drug-likeness (QED) is 0.450. The van der Waals surface area contributed by atoms with E-state index in [0.717, 1.165) is 49.9 Å². The second-order valence-electron chi connectivity index (χ2n) is 13.9. The fourth-order valence-electron chi connectivity index (χ4n) is 9.04. The Morgan fingerprint density at radius 3 is 2.39 bits per heavy atom. The third-order valence-corrected chi connectivity index (χ3v) is 11.6. The number of hydrogen-bond donors (Lipinski definition) is 2. The largest absolute Gasteiger partial charge is 0.390 e. The molecule has 31 heavy (non-hydrogen) atoms. The Kier molecular flexibility index (Phi) is 5.83. The van der Waals surface area contributed by atoms with Crippen LogP contribution in [0.4, 0.5) is 0 Å². The molecule has 0 heterocycles. The molecule has 178 valence electrons. The lowest BCUT2D eigenvalue weighted by atomic mass is 9.41. The van der Waals surface area contributed by atoms with Crippen molar-refractivity contribution in [1.82, 2.24) is 0 Å². The van der Waals surface area contributed by atoms with E-state index in [1.54, 1.807) is 5.57 Å². The van der Waals surface area contributed by atoms with Gasteiger partial charge in [-0.05, 0) is 118 Å². The summed E-state index contributed by atoms with van der Waals surface area (Å²) in [7, 11) is 0. The third-order valence-electron chi connectivity index (χ3n) is 11.6. The maximum atomic E-state index is 10.7. The summed E-state index contributed by atoms with van der Waals surface area (Å²) < 4.78 is 0. The fourth-order valence-corrected chi connectivity index (χ4v) is 9.04. The van der Waals surface area contributed by atoms with Crippen molar-refractivity contribution in [3.05, 3.63) is 11.6 Å². The van der Waals surface area contributed by atoms with Gasteiger partial charge in [0.05, 0.1) is 11.2 Å². The average Bonchev–Trinajstić information content (AvgIpc) is 3.00. The second kappa shape index (κ2) is 7.59. The SMILES string of the molecule is CC(C)C(C)(O)CCCC1CCC2C1(C)CCC1C3(C)CCC(C)(O)CC3=CCC12C. The molecule has 0 aromatic heterocycles. The fraction of sp³-hybridized carbons (Fsp3) is 0.931. The molecule has 2 N–H and O–H groups in total. The van der Waals surface area contributed by atoms with Gasteiger partial charge in [-0.25, -0.2) is 0 Å². The van der Waals surface area contributed by atoms with Crippen molar-refractivity contribution in [2.45, 2.75) is 130 Å². The molecule has 2 heteroatoms. The first-order valence-electron chi connectivity index (χ1n) is 13.4. The number of aliphatic hydroxyl groups is 2. The standard InChI is InChI=1S/C29H50O2/c1-20(2)29(7,31)14-8-9-21-10-11-23-26(21,4)16-13-24-27(5)18-17-25(3,30)19-22(27)12-15-28(23,24)6/h12,20-21,23-24,30-31H,8-11,13-19H2,1-7H3. The van der Waals surface area contributed by atoms with Crippen LogP contribution >= 0.6 is 0 Å². The van der Waals surface area contributed by atoms with Gasteiger partial charge in [0, 0.05) is 0 Å². The molecule has 0 saturated heterocycles. The third kappa shape index (κ3) is 3.76. The minimum atomic E-state index is -0.524. The van der Waals surface area contributed by atoms with Crippen LogP contribution in [0.3, 0.4) is 0 Å². The van der Waals surface area contributed by atoms with Crippen molar-refractivity contribution in [2.24, 2.45) is 39.9 Å². The molecule has 8 atom stereocenters. The van der Waals surface area contributed by atoms with Crippen molar-refractivity contribution in [1.29, 1.82) is 0 Å². The Morgan fingerprint density at radius 2 is 1.71 bits per heavy atom. The van der Waals surface area contributed by atoms with Crippen LogP contribution in [0.1, 0.15) is 119 Å². The van der Waals surface area contributed by atoms with Crippen molar-refractivity contribution in [3.63, 3.8) is 0 Å². The molecule has 0 bridgehead atoms. The number of allylic oxidation sites excluding steroid dienone is 1. The molecule has 3 saturated carbocycles. The highest BCUT2D eigenvalue weighted by atomic mass is 16.3. The van der Waals surface area contributed by atoms with Gasteiger partial charge in [-0.3, -0.25) is 0 Å². The van der Waals surface area contributed by atoms with E-state index >= 15 is 0 Å². The minimum absolute atomic E-state index is 0.296. The molecule has 0 amide bonds. The molecule has 0 radical (unpaired) electrons. The van der Waals surface area contributed by atoms with Gasteiger partial charge in [-0.2, -0.15) is 0 Å². The Labute approximate surface area is 192 Å². The van der Waals surface area contributed by atoms with Gasteiger partial charge in [-0.1, -0.05) is 52.7 Å². The molecule has 4 aliphatic rings. The molecular weight excluding hydrogens is 380 g/mol. The van der Waals surface area contributed by atoms with E-state index in [-0.39, 0.29) is 0 Å². The maximum Gasteiger partial charge on any atom is 0.0657 e. The summed E-state index contributed by atoms with van der Waals surface area (Å²) in [5, 5.41) is 21.4. The molecule has 2 nitrogen and oxygen atoms in total. The van der Waals surface area contributed by atoms with Crippen LogP contribution in [-0.2, 0) is 0 Å². The molecule has 8 unspecified atom stereocenters. The van der Waals surface area contributed by atoms with Crippen LogP contribution < -0.4 is 0 Å². The first-order chi connectivity index (χ1) is 14.2. The Bertz CT molecular complexity index is 718. The Balaban J connectivity index is 1.51. The molecular formula is C29H50O2. The Hall–Kier alpha value is -0.340. The van der Waals surface area contributed by atoms with Crippen LogP contribution in [0.25, 0.3) is 0 Å². The van der Waals surface area contributed by atoms with Crippen molar-refractivity contribution >= 4 is 0 Å². The number of rotatable bonds is 5. The molecule has 0 spiro atoms. The lowest BCUT2D eigenvalue weighted by Gasteiger charge is -2.64. The summed E-state index contributed by atoms with van der Waals surface area (Å²) in [6.07, 6.45) is 15.7. The topological polar surface area (TPSA) is 40.5 Å². The normalized spacial score (nSPS) is 49.1. The van der Waals surface area contributed by atoms with E-state index in [9.17, 15) is 10.2 Å². The van der Waals surface area contributed by atoms with E-state index in [4.69, 9.17) is 0 Å². The van der Waals surface area contributed by atoms with Gasteiger partial charge < -0.3 is 10.2 Å². The van der Waals surface area contributed by atoms with Gasteiger partial charge in [0.2, 0.25) is 0 Å². The van der Waals surface area contributed by atoms with Gasteiger partial charge in [0.15, 0.2) is 0 Å². The van der Waals surface area contributed by atoms with Crippen LogP contribution in [0.15, 0.2) is 11.6 Å². The molecule has 0 aromatic carbocycles. The lowest BCUT2D eigenvalue weighted by molar-refractivity contribution is -0.117. The van der Waals surface area contributed by atoms with Crippen LogP contribution in [0.2, 0.25) is 0 Å². The highest BCUT2D eigenvalue weighted by Crippen LogP contribution is 2.71. The summed E-state index contributed by atoms with van der Waals surface area (Å²) in [6.45, 7) is 16.2. The number of hydrogen-bond acceptors (Lipinski definition) is 2. The molecule has 4 rings (SSSR count). The zero-order valence-electron chi connectivity index (χ0n) is 21.6. The summed E-state index contributed by atoms with van der Waals surface area (Å²) in [6, 6.07) is 0. The molecule has 4 aliphatic carbocycles. The van der Waals surface area contributed by atoms with Crippen LogP contribution in [0, 0.1) is 39.9 Å². The lowest BCUT2D eigenvalue weighted by Crippen LogP contribution is -2.56. The highest BCUT2D eigenvalue weighted by molar-refractivity contribution is 5.29. The molecule has 0 aromatic rings. The van der Waals surface area contributed by atoms with Crippen LogP contribution in [-0.4, -0.2) is 21.4 Å². The summed E-state index contributed by atoms with van der Waals surface area (Å²) in [5.41, 5.74) is 1.72. The van der Waals surface area contributed by atoms with Crippen LogP contribution in [0.5, 0.6) is 0 Å². The monoisotopic (exact) mass is 430 g/mol. The molecule has 3 fully saturated rings. The van der Waals surface area contributed by atoms with Gasteiger partial charge in [0.25, 0.3) is 0 Å². The summed E-state index contributed by atoms with van der Waals surface area (Å²) in [5.74, 6) is 2.75. The molecule has 0 aliphatic heterocycles. The zero-order valence-corrected chi connectivity index (χ0v) is 21.6. The van der Waals surface area contributed by atoms with Gasteiger partial charge in [0.1, 0.15) is 0 Å². The van der Waals surface area contributed by atoms with Gasteiger partial charge >= 0.3 is 0 Å². The van der Waals surface area contributed by atoms with Crippen molar-refractivity contribution in [2.75, 3.05) is 0 Å². The number of fused-ring (bicyclic) bond motifs is 5. The highest BCUT2D eigenvalue weighted by Gasteiger charge is 2.63. The maximum absolute atomic E-state index is 10.7. The predicted molar refractivity (Wildman–Crippen MR) is 130 cm³/mol. The van der Waals surface area contributed by atoms with Crippen molar-refractivity contribution in [3.8, 4) is 0 Å². The van der Waals surface area contributed by atoms with Crippen molar-refractivity contribution < 1.29 is 10.2 Å². The van der Waals surface area contributed by atoms with E-state index in [1.807, 2.05) is 13.8 Å². The first kappa shape index (κ1) is 23.8. The zero-order chi connectivity index (χ0) is 22.9. The van der Waals surface area contributed by atoms with E-state index < -0.39 is 11.2 Å². The Morgan fingerprint density at radius 1 is 1.00 bits per heavy atom. The second-order valence-corrected chi connectivity index (χ2v) is 13.9. The van der Waals surface area contributed by atoms with E-state index in [2.05, 4.69) is 40.7 Å². The predicted octanol–water partition coefficient (Wildman–Crippen LogP) is 7.28. The minimum Gasteiger partial charge on any atom is -0.390 e. The van der Waals surface area contributed by atoms with E-state index in [0.29, 0.717) is 22.2 Å². The average molecular weight is 431 g/mol. The van der Waals surface area contributed by atoms with Gasteiger partial charge in [-0.15, -0.1) is 0 Å². The van der Waals surface area contributed by atoms with E-state index in [1.165, 1.54) is 38.5 Å².